The molecule has 0 N–H and O–H groups in total. The second kappa shape index (κ2) is 3.37. The van der Waals surface area contributed by atoms with E-state index in [1.807, 2.05) is 12.5 Å². The maximum absolute atomic E-state index is 5.66. The quantitative estimate of drug-likeness (QED) is 0.635. The van der Waals surface area contributed by atoms with Gasteiger partial charge >= 0.3 is 0 Å². The van der Waals surface area contributed by atoms with Gasteiger partial charge in [0.25, 0.3) is 0 Å². The normalized spacial score (nSPS) is 9.30. The zero-order valence-electron chi connectivity index (χ0n) is 5.42. The molecule has 1 radical (unpaired) electrons. The Labute approximate surface area is 65.4 Å². The molecule has 0 aliphatic carbocycles. The third kappa shape index (κ3) is 1.85. The van der Waals surface area contributed by atoms with Crippen molar-refractivity contribution in [1.82, 2.24) is 4.98 Å². The molecule has 51 valence electrons. The van der Waals surface area contributed by atoms with Crippen LogP contribution in [-0.2, 0) is 0 Å². The minimum absolute atomic E-state index is 0.649. The SMILES string of the molecule is C=C[CH]c1cncc(Cl)c1. The Hall–Kier alpha value is -0.820. The summed E-state index contributed by atoms with van der Waals surface area (Å²) in [7, 11) is 0. The average Bonchev–Trinajstić information content (AvgIpc) is 1.88. The van der Waals surface area contributed by atoms with Gasteiger partial charge in [-0.2, -0.15) is 0 Å². The number of aromatic nitrogens is 1. The lowest BCUT2D eigenvalue weighted by atomic mass is 10.2. The molecule has 0 spiro atoms. The van der Waals surface area contributed by atoms with Crippen LogP contribution in [0.4, 0.5) is 0 Å². The van der Waals surface area contributed by atoms with Crippen molar-refractivity contribution in [3.63, 3.8) is 0 Å². The number of rotatable bonds is 2. The molecule has 0 atom stereocenters. The van der Waals surface area contributed by atoms with Crippen LogP contribution in [0.3, 0.4) is 0 Å². The van der Waals surface area contributed by atoms with Crippen LogP contribution in [-0.4, -0.2) is 4.98 Å². The van der Waals surface area contributed by atoms with Crippen LogP contribution in [0.25, 0.3) is 0 Å². The van der Waals surface area contributed by atoms with E-state index >= 15 is 0 Å². The first kappa shape index (κ1) is 7.29. The topological polar surface area (TPSA) is 12.9 Å². The van der Waals surface area contributed by atoms with E-state index in [1.54, 1.807) is 18.5 Å². The van der Waals surface area contributed by atoms with Gasteiger partial charge in [0.05, 0.1) is 5.02 Å². The van der Waals surface area contributed by atoms with E-state index in [0.717, 1.165) is 5.56 Å². The molecule has 0 aliphatic rings. The molecule has 1 aromatic heterocycles. The Morgan fingerprint density at radius 3 is 2.90 bits per heavy atom. The molecule has 0 unspecified atom stereocenters. The summed E-state index contributed by atoms with van der Waals surface area (Å²) < 4.78 is 0. The highest BCUT2D eigenvalue weighted by molar-refractivity contribution is 6.30. The molecule has 0 saturated carbocycles. The number of allylic oxidation sites excluding steroid dienone is 1. The molecule has 0 aromatic carbocycles. The molecule has 1 nitrogen and oxygen atoms in total. The Morgan fingerprint density at radius 2 is 2.30 bits per heavy atom. The maximum Gasteiger partial charge on any atom is 0.0592 e. The van der Waals surface area contributed by atoms with Gasteiger partial charge in [-0.25, -0.2) is 0 Å². The van der Waals surface area contributed by atoms with Crippen LogP contribution in [0, 0.1) is 6.42 Å². The molecular formula is C8H7ClN. The second-order valence-corrected chi connectivity index (χ2v) is 2.28. The Morgan fingerprint density at radius 1 is 1.50 bits per heavy atom. The van der Waals surface area contributed by atoms with Gasteiger partial charge in [-0.05, 0) is 11.6 Å². The third-order valence-corrected chi connectivity index (χ3v) is 1.24. The summed E-state index contributed by atoms with van der Waals surface area (Å²) in [6, 6.07) is 1.83. The second-order valence-electron chi connectivity index (χ2n) is 1.84. The fourth-order valence-corrected chi connectivity index (χ4v) is 0.838. The van der Waals surface area contributed by atoms with Crippen LogP contribution < -0.4 is 0 Å². The Balaban J connectivity index is 2.84. The smallest absolute Gasteiger partial charge is 0.0592 e. The third-order valence-electron chi connectivity index (χ3n) is 1.04. The van der Waals surface area contributed by atoms with Crippen molar-refractivity contribution < 1.29 is 0 Å². The standard InChI is InChI=1S/C8H7ClN/c1-2-3-7-4-8(9)6-10-5-7/h2-6H,1H2. The van der Waals surface area contributed by atoms with Crippen LogP contribution in [0.1, 0.15) is 5.56 Å². The van der Waals surface area contributed by atoms with Gasteiger partial charge in [-0.1, -0.05) is 17.7 Å². The van der Waals surface area contributed by atoms with Crippen LogP contribution in [0.15, 0.2) is 31.1 Å². The largest absolute Gasteiger partial charge is 0.263 e. The molecule has 0 bridgehead atoms. The first-order chi connectivity index (χ1) is 4.83. The molecule has 0 aliphatic heterocycles. The van der Waals surface area contributed by atoms with Crippen molar-refractivity contribution in [2.45, 2.75) is 0 Å². The van der Waals surface area contributed by atoms with Crippen molar-refractivity contribution in [3.05, 3.63) is 48.1 Å². The Kier molecular flexibility index (Phi) is 2.46. The summed E-state index contributed by atoms with van der Waals surface area (Å²) in [5, 5.41) is 0.649. The summed E-state index contributed by atoms with van der Waals surface area (Å²) >= 11 is 5.66. The number of pyridine rings is 1. The lowest BCUT2D eigenvalue weighted by molar-refractivity contribution is 1.29. The van der Waals surface area contributed by atoms with Crippen molar-refractivity contribution >= 4 is 11.6 Å². The minimum Gasteiger partial charge on any atom is -0.263 e. The van der Waals surface area contributed by atoms with E-state index in [-0.39, 0.29) is 0 Å². The predicted octanol–water partition coefficient (Wildman–Crippen LogP) is 2.47. The Bertz CT molecular complexity index is 232. The van der Waals surface area contributed by atoms with Crippen LogP contribution >= 0.6 is 11.6 Å². The molecule has 0 amide bonds. The molecule has 0 saturated heterocycles. The molecule has 2 heteroatoms. The lowest BCUT2D eigenvalue weighted by Crippen LogP contribution is -1.79. The van der Waals surface area contributed by atoms with Crippen molar-refractivity contribution in [1.29, 1.82) is 0 Å². The van der Waals surface area contributed by atoms with Crippen molar-refractivity contribution in [2.24, 2.45) is 0 Å². The first-order valence-electron chi connectivity index (χ1n) is 2.89. The van der Waals surface area contributed by atoms with E-state index in [2.05, 4.69) is 11.6 Å². The minimum atomic E-state index is 0.649. The number of hydrogen-bond acceptors (Lipinski definition) is 1. The van der Waals surface area contributed by atoms with Crippen LogP contribution in [0.2, 0.25) is 5.02 Å². The van der Waals surface area contributed by atoms with Gasteiger partial charge < -0.3 is 0 Å². The van der Waals surface area contributed by atoms with Gasteiger partial charge in [0.1, 0.15) is 0 Å². The molecular weight excluding hydrogens is 146 g/mol. The fraction of sp³-hybridized carbons (Fsp3) is 0. The highest BCUT2D eigenvalue weighted by Crippen LogP contribution is 2.09. The van der Waals surface area contributed by atoms with E-state index in [0.29, 0.717) is 5.02 Å². The van der Waals surface area contributed by atoms with E-state index in [4.69, 9.17) is 11.6 Å². The highest BCUT2D eigenvalue weighted by Gasteiger charge is 1.90. The van der Waals surface area contributed by atoms with Crippen LogP contribution in [0.5, 0.6) is 0 Å². The molecule has 1 heterocycles. The van der Waals surface area contributed by atoms with E-state index < -0.39 is 0 Å². The number of halogens is 1. The number of nitrogens with zero attached hydrogens (tertiary/aromatic N) is 1. The van der Waals surface area contributed by atoms with E-state index in [1.165, 1.54) is 0 Å². The maximum atomic E-state index is 5.66. The average molecular weight is 153 g/mol. The zero-order chi connectivity index (χ0) is 7.40. The first-order valence-corrected chi connectivity index (χ1v) is 3.27. The molecule has 1 rings (SSSR count). The molecule has 1 aromatic rings. The van der Waals surface area contributed by atoms with Gasteiger partial charge in [0, 0.05) is 18.8 Å². The monoisotopic (exact) mass is 152 g/mol. The highest BCUT2D eigenvalue weighted by atomic mass is 35.5. The predicted molar refractivity (Wildman–Crippen MR) is 42.8 cm³/mol. The fourth-order valence-electron chi connectivity index (χ4n) is 0.656. The van der Waals surface area contributed by atoms with E-state index in [9.17, 15) is 0 Å². The van der Waals surface area contributed by atoms with Gasteiger partial charge in [0.15, 0.2) is 0 Å². The summed E-state index contributed by atoms with van der Waals surface area (Å²) in [4.78, 5) is 3.89. The zero-order valence-corrected chi connectivity index (χ0v) is 6.17. The van der Waals surface area contributed by atoms with Crippen molar-refractivity contribution in [2.75, 3.05) is 0 Å². The van der Waals surface area contributed by atoms with Crippen molar-refractivity contribution in [3.8, 4) is 0 Å². The van der Waals surface area contributed by atoms with Gasteiger partial charge in [-0.3, -0.25) is 4.98 Å². The summed E-state index contributed by atoms with van der Waals surface area (Å²) in [6.07, 6.45) is 6.88. The summed E-state index contributed by atoms with van der Waals surface area (Å²) in [5.74, 6) is 0. The molecule has 0 fully saturated rings. The van der Waals surface area contributed by atoms with Gasteiger partial charge in [-0.15, -0.1) is 6.58 Å². The molecule has 10 heavy (non-hydrogen) atoms. The summed E-state index contributed by atoms with van der Waals surface area (Å²) in [5.41, 5.74) is 0.975. The summed E-state index contributed by atoms with van der Waals surface area (Å²) in [6.45, 7) is 3.56. The lowest BCUT2D eigenvalue weighted by Gasteiger charge is -1.93. The number of hydrogen-bond donors (Lipinski definition) is 0. The van der Waals surface area contributed by atoms with Gasteiger partial charge in [0.2, 0.25) is 0 Å².